The highest BCUT2D eigenvalue weighted by atomic mass is 32.1. The molecule has 0 unspecified atom stereocenters. The molecule has 0 fully saturated rings. The molecule has 0 spiro atoms. The SMILES string of the molecule is CC1(C)c2ccccc2-n2c3ccc(-c4ccc(-c5nc6ccccc6s5)cc4)cc3c3cccc1c32. The van der Waals surface area contributed by atoms with Crippen molar-refractivity contribution in [3.8, 4) is 27.4 Å². The smallest absolute Gasteiger partial charge is 0.124 e. The van der Waals surface area contributed by atoms with Gasteiger partial charge in [0.25, 0.3) is 0 Å². The van der Waals surface area contributed by atoms with Crippen molar-refractivity contribution in [2.45, 2.75) is 19.3 Å². The van der Waals surface area contributed by atoms with E-state index in [4.69, 9.17) is 4.98 Å². The molecule has 7 aromatic rings. The average Bonchev–Trinajstić information content (AvgIpc) is 3.52. The van der Waals surface area contributed by atoms with Gasteiger partial charge in [-0.05, 0) is 52.6 Å². The Morgan fingerprint density at radius 1 is 0.649 bits per heavy atom. The summed E-state index contributed by atoms with van der Waals surface area (Å²) in [5.74, 6) is 0. The van der Waals surface area contributed by atoms with Gasteiger partial charge in [0.05, 0.1) is 26.9 Å². The molecule has 0 radical (unpaired) electrons. The molecule has 0 aliphatic carbocycles. The molecule has 37 heavy (non-hydrogen) atoms. The monoisotopic (exact) mass is 492 g/mol. The molecule has 0 atom stereocenters. The Labute approximate surface area is 219 Å². The molecule has 0 amide bonds. The van der Waals surface area contributed by atoms with Crippen LogP contribution in [-0.4, -0.2) is 9.55 Å². The molecule has 0 saturated heterocycles. The van der Waals surface area contributed by atoms with E-state index in [-0.39, 0.29) is 5.41 Å². The molecule has 1 aliphatic rings. The van der Waals surface area contributed by atoms with Crippen LogP contribution in [0.2, 0.25) is 0 Å². The van der Waals surface area contributed by atoms with Gasteiger partial charge in [-0.1, -0.05) is 92.7 Å². The lowest BCUT2D eigenvalue weighted by Crippen LogP contribution is -2.26. The van der Waals surface area contributed by atoms with Gasteiger partial charge in [0.1, 0.15) is 5.01 Å². The van der Waals surface area contributed by atoms with Gasteiger partial charge in [-0.3, -0.25) is 0 Å². The van der Waals surface area contributed by atoms with E-state index in [2.05, 4.69) is 122 Å². The van der Waals surface area contributed by atoms with Crippen LogP contribution in [0, 0.1) is 0 Å². The van der Waals surface area contributed by atoms with Gasteiger partial charge in [0.15, 0.2) is 0 Å². The predicted molar refractivity (Wildman–Crippen MR) is 157 cm³/mol. The molecule has 176 valence electrons. The fourth-order valence-electron chi connectivity index (χ4n) is 6.15. The molecule has 2 aromatic heterocycles. The summed E-state index contributed by atoms with van der Waals surface area (Å²) in [6.07, 6.45) is 0. The fourth-order valence-corrected chi connectivity index (χ4v) is 7.12. The molecule has 0 N–H and O–H groups in total. The minimum absolute atomic E-state index is 0.0419. The van der Waals surface area contributed by atoms with Crippen LogP contribution in [0.4, 0.5) is 0 Å². The normalized spacial score (nSPS) is 13.9. The van der Waals surface area contributed by atoms with Gasteiger partial charge in [-0.15, -0.1) is 11.3 Å². The first kappa shape index (κ1) is 20.9. The van der Waals surface area contributed by atoms with E-state index in [9.17, 15) is 0 Å². The molecule has 3 heterocycles. The molecule has 5 aromatic carbocycles. The third-order valence-electron chi connectivity index (χ3n) is 8.04. The summed E-state index contributed by atoms with van der Waals surface area (Å²) in [6, 6.07) is 39.8. The van der Waals surface area contributed by atoms with Crippen molar-refractivity contribution in [1.82, 2.24) is 9.55 Å². The van der Waals surface area contributed by atoms with Crippen LogP contribution in [0.5, 0.6) is 0 Å². The molecular formula is C34H24N2S. The van der Waals surface area contributed by atoms with Crippen molar-refractivity contribution in [2.75, 3.05) is 0 Å². The molecule has 0 saturated carbocycles. The highest BCUT2D eigenvalue weighted by Gasteiger charge is 2.34. The van der Waals surface area contributed by atoms with Gasteiger partial charge in [-0.25, -0.2) is 4.98 Å². The van der Waals surface area contributed by atoms with Crippen LogP contribution in [0.3, 0.4) is 0 Å². The highest BCUT2D eigenvalue weighted by Crippen LogP contribution is 2.47. The second kappa shape index (κ2) is 7.41. The van der Waals surface area contributed by atoms with E-state index in [0.29, 0.717) is 0 Å². The maximum atomic E-state index is 4.83. The van der Waals surface area contributed by atoms with E-state index in [1.54, 1.807) is 11.3 Å². The van der Waals surface area contributed by atoms with Gasteiger partial charge in [0, 0.05) is 21.8 Å². The number of hydrogen-bond donors (Lipinski definition) is 0. The predicted octanol–water partition coefficient (Wildman–Crippen LogP) is 9.37. The molecule has 0 bridgehead atoms. The van der Waals surface area contributed by atoms with Gasteiger partial charge >= 0.3 is 0 Å². The summed E-state index contributed by atoms with van der Waals surface area (Å²) in [4.78, 5) is 4.83. The quantitative estimate of drug-likeness (QED) is 0.235. The van der Waals surface area contributed by atoms with E-state index >= 15 is 0 Å². The standard InChI is InChI=1S/C34H24N2S/c1-34(2)26-9-3-5-12-30(26)36-29-19-18-23(20-25(29)24-8-7-10-27(34)32(24)36)21-14-16-22(17-15-21)33-35-28-11-4-6-13-31(28)37-33/h3-20H,1-2H3. The first-order valence-corrected chi connectivity index (χ1v) is 13.6. The van der Waals surface area contributed by atoms with Crippen LogP contribution >= 0.6 is 11.3 Å². The second-order valence-electron chi connectivity index (χ2n) is 10.5. The lowest BCUT2D eigenvalue weighted by atomic mass is 9.75. The number of benzene rings is 5. The Bertz CT molecular complexity index is 1970. The number of nitrogens with zero attached hydrogens (tertiary/aromatic N) is 2. The molecule has 8 rings (SSSR count). The maximum Gasteiger partial charge on any atom is 0.124 e. The first-order chi connectivity index (χ1) is 18.1. The number of aromatic nitrogens is 2. The molecule has 1 aliphatic heterocycles. The average molecular weight is 493 g/mol. The van der Waals surface area contributed by atoms with Crippen LogP contribution in [0.15, 0.2) is 109 Å². The third-order valence-corrected chi connectivity index (χ3v) is 9.12. The van der Waals surface area contributed by atoms with Crippen molar-refractivity contribution in [3.05, 3.63) is 120 Å². The Balaban J connectivity index is 1.29. The zero-order chi connectivity index (χ0) is 24.7. The van der Waals surface area contributed by atoms with E-state index in [0.717, 1.165) is 16.1 Å². The Morgan fingerprint density at radius 3 is 2.24 bits per heavy atom. The van der Waals surface area contributed by atoms with Crippen LogP contribution in [0.1, 0.15) is 25.0 Å². The lowest BCUT2D eigenvalue weighted by Gasteiger charge is -2.34. The molecule has 2 nitrogen and oxygen atoms in total. The maximum absolute atomic E-state index is 4.83. The second-order valence-corrected chi connectivity index (χ2v) is 11.5. The highest BCUT2D eigenvalue weighted by molar-refractivity contribution is 7.21. The number of para-hydroxylation sites is 3. The third kappa shape index (κ3) is 2.89. The van der Waals surface area contributed by atoms with Crippen molar-refractivity contribution in [3.63, 3.8) is 0 Å². The summed E-state index contributed by atoms with van der Waals surface area (Å²) in [5, 5.41) is 3.69. The number of fused-ring (bicyclic) bond motifs is 6. The van der Waals surface area contributed by atoms with Crippen molar-refractivity contribution in [2.24, 2.45) is 0 Å². The molecular weight excluding hydrogens is 468 g/mol. The van der Waals surface area contributed by atoms with Gasteiger partial charge in [0.2, 0.25) is 0 Å². The van der Waals surface area contributed by atoms with Crippen LogP contribution in [0.25, 0.3) is 59.4 Å². The lowest BCUT2D eigenvalue weighted by molar-refractivity contribution is 0.630. The Hall–Kier alpha value is -4.21. The largest absolute Gasteiger partial charge is 0.309 e. The Kier molecular flexibility index (Phi) is 4.19. The first-order valence-electron chi connectivity index (χ1n) is 12.7. The van der Waals surface area contributed by atoms with Crippen molar-refractivity contribution < 1.29 is 0 Å². The van der Waals surface area contributed by atoms with Crippen molar-refractivity contribution >= 4 is 43.4 Å². The number of thiazole rings is 1. The zero-order valence-electron chi connectivity index (χ0n) is 20.7. The van der Waals surface area contributed by atoms with E-state index in [1.165, 1.54) is 54.4 Å². The van der Waals surface area contributed by atoms with Gasteiger partial charge < -0.3 is 4.57 Å². The minimum Gasteiger partial charge on any atom is -0.309 e. The van der Waals surface area contributed by atoms with Crippen molar-refractivity contribution in [1.29, 1.82) is 0 Å². The summed E-state index contributed by atoms with van der Waals surface area (Å²) in [5.41, 5.74) is 11.3. The topological polar surface area (TPSA) is 17.8 Å². The summed E-state index contributed by atoms with van der Waals surface area (Å²) in [7, 11) is 0. The fraction of sp³-hybridized carbons (Fsp3) is 0.0882. The van der Waals surface area contributed by atoms with Crippen LogP contribution < -0.4 is 0 Å². The van der Waals surface area contributed by atoms with E-state index < -0.39 is 0 Å². The number of hydrogen-bond acceptors (Lipinski definition) is 2. The zero-order valence-corrected chi connectivity index (χ0v) is 21.5. The van der Waals surface area contributed by atoms with E-state index in [1.807, 2.05) is 6.07 Å². The summed E-state index contributed by atoms with van der Waals surface area (Å²) in [6.45, 7) is 4.69. The minimum atomic E-state index is -0.0419. The Morgan fingerprint density at radius 2 is 1.38 bits per heavy atom. The molecule has 3 heteroatoms. The number of rotatable bonds is 2. The van der Waals surface area contributed by atoms with Gasteiger partial charge in [-0.2, -0.15) is 0 Å². The van der Waals surface area contributed by atoms with Crippen LogP contribution in [-0.2, 0) is 5.41 Å². The summed E-state index contributed by atoms with van der Waals surface area (Å²) < 4.78 is 3.70. The summed E-state index contributed by atoms with van der Waals surface area (Å²) >= 11 is 1.75.